The molecule has 1 rings (SSSR count). The minimum Gasteiger partial charge on any atom is -0.321 e. The highest BCUT2D eigenvalue weighted by Crippen LogP contribution is 2.49. The Hall–Kier alpha value is -0.593. The van der Waals surface area contributed by atoms with Crippen LogP contribution in [0.15, 0.2) is 18.2 Å². The zero-order valence-corrected chi connectivity index (χ0v) is 10.5. The molecule has 0 heterocycles. The van der Waals surface area contributed by atoms with Gasteiger partial charge in [-0.3, -0.25) is 0 Å². The molecule has 1 aromatic carbocycles. The largest absolute Gasteiger partial charge is 0.527 e. The molecule has 0 spiro atoms. The predicted octanol–water partition coefficient (Wildman–Crippen LogP) is 2.47. The van der Waals surface area contributed by atoms with Crippen LogP contribution in [0, 0.1) is 13.8 Å². The molecule has 4 nitrogen and oxygen atoms in total. The van der Waals surface area contributed by atoms with Gasteiger partial charge in [0.2, 0.25) is 0 Å². The van der Waals surface area contributed by atoms with Gasteiger partial charge in [-0.1, -0.05) is 27.7 Å². The fourth-order valence-corrected chi connectivity index (χ4v) is 2.61. The molecule has 0 N–H and O–H groups in total. The summed E-state index contributed by atoms with van der Waals surface area (Å²) in [4.78, 5) is 0. The lowest BCUT2D eigenvalue weighted by Gasteiger charge is -2.09. The van der Waals surface area contributed by atoms with Crippen molar-refractivity contribution in [2.24, 2.45) is 0 Å². The summed E-state index contributed by atoms with van der Waals surface area (Å²) in [6.07, 6.45) is 0. The summed E-state index contributed by atoms with van der Waals surface area (Å²) >= 11 is 0. The maximum atomic E-state index is 11.7. The van der Waals surface area contributed by atoms with Gasteiger partial charge in [-0.25, -0.2) is 4.57 Å². The van der Waals surface area contributed by atoms with E-state index in [4.69, 9.17) is 0 Å². The molecule has 1 aromatic rings. The molecule has 16 heavy (non-hydrogen) atoms. The topological polar surface area (TPSA) is 44.8 Å². The molecule has 0 saturated heterocycles. The van der Waals surface area contributed by atoms with Crippen LogP contribution in [-0.2, 0) is 18.2 Å². The van der Waals surface area contributed by atoms with Crippen molar-refractivity contribution in [2.45, 2.75) is 13.8 Å². The van der Waals surface area contributed by atoms with Gasteiger partial charge in [0.05, 0.1) is 0 Å². The summed E-state index contributed by atoms with van der Waals surface area (Å²) in [5, 5.41) is 0.675. The molecule has 0 aliphatic rings. The van der Waals surface area contributed by atoms with E-state index in [0.717, 1.165) is 11.1 Å². The molecular formula is C8H9F2O4PSi. The standard InChI is InChI=1S/C8H9F2O4PSi/c1-6-4-3-5-8(7(6)2)16-14-15(11,12-9)13-10/h3-5H,1-2H3. The second-order valence-corrected chi connectivity index (χ2v) is 5.67. The second kappa shape index (κ2) is 5.65. The molecule has 0 aromatic heterocycles. The number of hydrogen-bond donors (Lipinski definition) is 0. The maximum absolute atomic E-state index is 11.7. The Bertz CT molecular complexity index is 407. The highest BCUT2D eigenvalue weighted by molar-refractivity contribution is 7.49. The van der Waals surface area contributed by atoms with Crippen LogP contribution < -0.4 is 5.19 Å². The van der Waals surface area contributed by atoms with Crippen molar-refractivity contribution in [3.63, 3.8) is 0 Å². The minimum atomic E-state index is -4.70. The van der Waals surface area contributed by atoms with E-state index in [1.54, 1.807) is 12.1 Å². The van der Waals surface area contributed by atoms with Gasteiger partial charge in [-0.05, 0) is 39.2 Å². The third-order valence-corrected chi connectivity index (χ3v) is 4.40. The van der Waals surface area contributed by atoms with E-state index in [2.05, 4.69) is 13.7 Å². The molecular weight excluding hydrogens is 257 g/mol. The Morgan fingerprint density at radius 3 is 2.44 bits per heavy atom. The van der Waals surface area contributed by atoms with Gasteiger partial charge in [0.15, 0.2) is 0 Å². The van der Waals surface area contributed by atoms with Gasteiger partial charge in [0.1, 0.15) is 0 Å². The molecule has 0 bridgehead atoms. The van der Waals surface area contributed by atoms with E-state index < -0.39 is 17.6 Å². The van der Waals surface area contributed by atoms with Crippen LogP contribution in [-0.4, -0.2) is 9.76 Å². The first kappa shape index (κ1) is 13.5. The fraction of sp³-hybridized carbons (Fsp3) is 0.250. The number of rotatable bonds is 5. The highest BCUT2D eigenvalue weighted by atomic mass is 31.2. The molecule has 0 aliphatic carbocycles. The normalized spacial score (nSPS) is 11.8. The van der Waals surface area contributed by atoms with Crippen molar-refractivity contribution in [1.82, 2.24) is 0 Å². The average Bonchev–Trinajstić information content (AvgIpc) is 2.31. The summed E-state index contributed by atoms with van der Waals surface area (Å²) in [5.74, 6) is 0. The molecule has 0 amide bonds. The minimum absolute atomic E-state index is 0.528. The molecule has 0 aliphatic heterocycles. The fourth-order valence-electron chi connectivity index (χ4n) is 1.01. The molecule has 88 valence electrons. The van der Waals surface area contributed by atoms with Gasteiger partial charge >= 0.3 is 7.82 Å². The summed E-state index contributed by atoms with van der Waals surface area (Å²) in [7, 11) is -5.23. The van der Waals surface area contributed by atoms with Crippen molar-refractivity contribution in [3.05, 3.63) is 29.3 Å². The number of phosphoric acid groups is 1. The zero-order valence-electron chi connectivity index (χ0n) is 8.57. The Kier molecular flexibility index (Phi) is 4.76. The first-order valence-corrected chi connectivity index (χ1v) is 6.61. The summed E-state index contributed by atoms with van der Waals surface area (Å²) < 4.78 is 44.3. The molecule has 0 atom stereocenters. The van der Waals surface area contributed by atoms with Crippen molar-refractivity contribution in [2.75, 3.05) is 0 Å². The number of aryl methyl sites for hydroxylation is 1. The third-order valence-electron chi connectivity index (χ3n) is 2.04. The van der Waals surface area contributed by atoms with E-state index in [0.29, 0.717) is 5.19 Å². The van der Waals surface area contributed by atoms with E-state index in [-0.39, 0.29) is 0 Å². The van der Waals surface area contributed by atoms with Crippen LogP contribution in [0.4, 0.5) is 9.05 Å². The van der Waals surface area contributed by atoms with Gasteiger partial charge < -0.3 is 4.21 Å². The third kappa shape index (κ3) is 3.20. The van der Waals surface area contributed by atoms with E-state index in [1.807, 2.05) is 19.9 Å². The SMILES string of the molecule is Cc1cccc([Si]OP(=O)(OF)OF)c1C. The molecule has 0 unspecified atom stereocenters. The van der Waals surface area contributed by atoms with Crippen LogP contribution in [0.2, 0.25) is 0 Å². The second-order valence-electron chi connectivity index (χ2n) is 3.03. The monoisotopic (exact) mass is 266 g/mol. The van der Waals surface area contributed by atoms with Crippen molar-refractivity contribution in [1.29, 1.82) is 0 Å². The van der Waals surface area contributed by atoms with Crippen molar-refractivity contribution >= 4 is 22.8 Å². The van der Waals surface area contributed by atoms with Gasteiger partial charge in [-0.15, -0.1) is 0 Å². The van der Waals surface area contributed by atoms with Crippen LogP contribution in [0.1, 0.15) is 11.1 Å². The van der Waals surface area contributed by atoms with Crippen molar-refractivity contribution in [3.8, 4) is 0 Å². The zero-order chi connectivity index (χ0) is 12.2. The van der Waals surface area contributed by atoms with Gasteiger partial charge in [0.25, 0.3) is 9.76 Å². The Morgan fingerprint density at radius 1 is 1.25 bits per heavy atom. The average molecular weight is 266 g/mol. The quantitative estimate of drug-likeness (QED) is 0.606. The van der Waals surface area contributed by atoms with Gasteiger partial charge in [0, 0.05) is 0 Å². The van der Waals surface area contributed by atoms with Crippen LogP contribution in [0.25, 0.3) is 0 Å². The van der Waals surface area contributed by atoms with E-state index in [1.165, 1.54) is 0 Å². The number of halogens is 2. The van der Waals surface area contributed by atoms with Crippen LogP contribution >= 0.6 is 7.82 Å². The highest BCUT2D eigenvalue weighted by Gasteiger charge is 2.30. The Morgan fingerprint density at radius 2 is 1.88 bits per heavy atom. The summed E-state index contributed by atoms with van der Waals surface area (Å²) in [5.41, 5.74) is 1.89. The predicted molar refractivity (Wildman–Crippen MR) is 54.4 cm³/mol. The summed E-state index contributed by atoms with van der Waals surface area (Å²) in [6, 6.07) is 5.33. The lowest BCUT2D eigenvalue weighted by Crippen LogP contribution is -2.20. The number of hydrogen-bond acceptors (Lipinski definition) is 4. The lowest BCUT2D eigenvalue weighted by molar-refractivity contribution is -0.107. The van der Waals surface area contributed by atoms with E-state index >= 15 is 0 Å². The Labute approximate surface area is 93.9 Å². The molecule has 0 saturated carbocycles. The van der Waals surface area contributed by atoms with Gasteiger partial charge in [-0.2, -0.15) is 0 Å². The lowest BCUT2D eigenvalue weighted by atomic mass is 10.1. The van der Waals surface area contributed by atoms with E-state index in [9.17, 15) is 13.6 Å². The Balaban J connectivity index is 2.75. The molecule has 2 radical (unpaired) electrons. The summed E-state index contributed by atoms with van der Waals surface area (Å²) in [6.45, 7) is 3.69. The molecule has 0 fully saturated rings. The van der Waals surface area contributed by atoms with Crippen molar-refractivity contribution < 1.29 is 27.3 Å². The first-order chi connectivity index (χ1) is 7.52. The smallest absolute Gasteiger partial charge is 0.321 e. The van der Waals surface area contributed by atoms with Crippen LogP contribution in [0.3, 0.4) is 0 Å². The van der Waals surface area contributed by atoms with Crippen LogP contribution in [0.5, 0.6) is 0 Å². The number of benzene rings is 1. The molecule has 8 heteroatoms. The first-order valence-electron chi connectivity index (χ1n) is 4.24. The maximum Gasteiger partial charge on any atom is 0.527 e.